The molecule has 1 rings (SSSR count). The van der Waals surface area contributed by atoms with Crippen molar-refractivity contribution in [2.75, 3.05) is 0 Å². The monoisotopic (exact) mass is 263 g/mol. The molecule has 1 aromatic rings. The van der Waals surface area contributed by atoms with Gasteiger partial charge in [0.25, 0.3) is 0 Å². The van der Waals surface area contributed by atoms with Gasteiger partial charge in [-0.3, -0.25) is 4.79 Å². The summed E-state index contributed by atoms with van der Waals surface area (Å²) in [6.07, 6.45) is 4.92. The van der Waals surface area contributed by atoms with E-state index in [9.17, 15) is 4.79 Å². The third-order valence-corrected chi connectivity index (χ3v) is 3.07. The Hall–Kier alpha value is -1.41. The van der Waals surface area contributed by atoms with E-state index in [4.69, 9.17) is 11.6 Å². The molecule has 0 aromatic carbocycles. The molecule has 3 heteroatoms. The number of aromatic nitrogens is 1. The van der Waals surface area contributed by atoms with Crippen LogP contribution in [0.1, 0.15) is 50.2 Å². The molecule has 0 saturated carbocycles. The smallest absolute Gasteiger partial charge is 0.162 e. The van der Waals surface area contributed by atoms with Gasteiger partial charge in [0.1, 0.15) is 5.15 Å². The Morgan fingerprint density at radius 2 is 2.06 bits per heavy atom. The standard InChI is InChI=1S/C15H18ClNO/c1-5-7-10(3)12(6-2)14-9-8-13(11(4)18)15(16)17-14/h5,7-9H,6H2,1-4H3/b7-5-,12-10-. The molecule has 96 valence electrons. The molecule has 0 aliphatic heterocycles. The maximum Gasteiger partial charge on any atom is 0.162 e. The summed E-state index contributed by atoms with van der Waals surface area (Å²) in [6, 6.07) is 3.60. The Morgan fingerprint density at radius 3 is 2.50 bits per heavy atom. The van der Waals surface area contributed by atoms with Crippen molar-refractivity contribution in [2.24, 2.45) is 0 Å². The predicted octanol–water partition coefficient (Wildman–Crippen LogP) is 4.70. The number of carbonyl (C=O) groups is 1. The highest BCUT2D eigenvalue weighted by atomic mass is 35.5. The van der Waals surface area contributed by atoms with Gasteiger partial charge in [-0.15, -0.1) is 0 Å². The minimum absolute atomic E-state index is 0.0637. The van der Waals surface area contributed by atoms with E-state index < -0.39 is 0 Å². The van der Waals surface area contributed by atoms with Crippen LogP contribution in [-0.4, -0.2) is 10.8 Å². The summed E-state index contributed by atoms with van der Waals surface area (Å²) in [6.45, 7) is 7.60. The summed E-state index contributed by atoms with van der Waals surface area (Å²) >= 11 is 6.03. The van der Waals surface area contributed by atoms with Crippen LogP contribution in [0.5, 0.6) is 0 Å². The fraction of sp³-hybridized carbons (Fsp3) is 0.333. The first-order chi connectivity index (χ1) is 8.51. The quantitative estimate of drug-likeness (QED) is 0.448. The maximum absolute atomic E-state index is 11.3. The lowest BCUT2D eigenvalue weighted by molar-refractivity contribution is 0.101. The van der Waals surface area contributed by atoms with E-state index >= 15 is 0 Å². The van der Waals surface area contributed by atoms with E-state index in [1.807, 2.05) is 32.1 Å². The predicted molar refractivity (Wildman–Crippen MR) is 77.0 cm³/mol. The van der Waals surface area contributed by atoms with Crippen molar-refractivity contribution in [3.8, 4) is 0 Å². The molecule has 0 atom stereocenters. The molecule has 1 heterocycles. The molecule has 0 amide bonds. The second-order valence-electron chi connectivity index (χ2n) is 4.11. The fourth-order valence-corrected chi connectivity index (χ4v) is 2.16. The van der Waals surface area contributed by atoms with Crippen molar-refractivity contribution in [1.29, 1.82) is 0 Å². The molecule has 0 saturated heterocycles. The number of hydrogen-bond acceptors (Lipinski definition) is 2. The van der Waals surface area contributed by atoms with E-state index in [0.29, 0.717) is 5.56 Å². The largest absolute Gasteiger partial charge is 0.294 e. The number of allylic oxidation sites excluding steroid dienone is 4. The van der Waals surface area contributed by atoms with E-state index in [2.05, 4.69) is 11.9 Å². The number of carbonyl (C=O) groups excluding carboxylic acids is 1. The minimum atomic E-state index is -0.0637. The van der Waals surface area contributed by atoms with Crippen LogP contribution >= 0.6 is 11.6 Å². The average molecular weight is 264 g/mol. The zero-order chi connectivity index (χ0) is 13.7. The summed E-state index contributed by atoms with van der Waals surface area (Å²) in [5.41, 5.74) is 3.62. The summed E-state index contributed by atoms with van der Waals surface area (Å²) < 4.78 is 0. The Balaban J connectivity index is 3.29. The lowest BCUT2D eigenvalue weighted by atomic mass is 10.0. The van der Waals surface area contributed by atoms with Crippen LogP contribution in [0.2, 0.25) is 5.15 Å². The highest BCUT2D eigenvalue weighted by Gasteiger charge is 2.10. The number of ketones is 1. The molecule has 0 N–H and O–H groups in total. The van der Waals surface area contributed by atoms with Crippen molar-refractivity contribution in [2.45, 2.75) is 34.1 Å². The number of halogens is 1. The first-order valence-corrected chi connectivity index (χ1v) is 6.39. The highest BCUT2D eigenvalue weighted by Crippen LogP contribution is 2.24. The molecule has 0 radical (unpaired) electrons. The van der Waals surface area contributed by atoms with Crippen molar-refractivity contribution in [1.82, 2.24) is 4.98 Å². The van der Waals surface area contributed by atoms with Gasteiger partial charge in [0.15, 0.2) is 5.78 Å². The molecular weight excluding hydrogens is 246 g/mol. The molecule has 0 aliphatic rings. The number of Topliss-reactive ketones (excluding diaryl/α,β-unsaturated/α-hetero) is 1. The van der Waals surface area contributed by atoms with Crippen LogP contribution in [-0.2, 0) is 0 Å². The Labute approximate surface area is 113 Å². The SMILES string of the molecule is C/C=C\C(C)=C(\CC)c1ccc(C(C)=O)c(Cl)n1. The first-order valence-electron chi connectivity index (χ1n) is 6.01. The summed E-state index contributed by atoms with van der Waals surface area (Å²) in [5.74, 6) is -0.0637. The Bertz CT molecular complexity index is 515. The van der Waals surface area contributed by atoms with E-state index in [1.54, 1.807) is 6.07 Å². The molecule has 18 heavy (non-hydrogen) atoms. The third kappa shape index (κ3) is 3.30. The summed E-state index contributed by atoms with van der Waals surface area (Å²) in [4.78, 5) is 15.6. The van der Waals surface area contributed by atoms with Gasteiger partial charge in [-0.1, -0.05) is 30.7 Å². The summed E-state index contributed by atoms with van der Waals surface area (Å²) in [7, 11) is 0. The first kappa shape index (κ1) is 14.7. The molecule has 0 fully saturated rings. The third-order valence-electron chi connectivity index (χ3n) is 2.78. The number of pyridine rings is 1. The Morgan fingerprint density at radius 1 is 1.39 bits per heavy atom. The lowest BCUT2D eigenvalue weighted by Crippen LogP contribution is -1.99. The van der Waals surface area contributed by atoms with E-state index in [-0.39, 0.29) is 10.9 Å². The second kappa shape index (κ2) is 6.50. The van der Waals surface area contributed by atoms with E-state index in [0.717, 1.165) is 17.7 Å². The fourth-order valence-electron chi connectivity index (χ4n) is 1.88. The normalized spacial score (nSPS) is 12.7. The van der Waals surface area contributed by atoms with Crippen LogP contribution in [0.25, 0.3) is 5.57 Å². The maximum atomic E-state index is 11.3. The van der Waals surface area contributed by atoms with Crippen LogP contribution in [0.4, 0.5) is 0 Å². The van der Waals surface area contributed by atoms with Crippen molar-refractivity contribution in [3.05, 3.63) is 46.3 Å². The molecule has 0 bridgehead atoms. The topological polar surface area (TPSA) is 30.0 Å². The van der Waals surface area contributed by atoms with Gasteiger partial charge in [0.05, 0.1) is 11.3 Å². The molecule has 0 aliphatic carbocycles. The van der Waals surface area contributed by atoms with Gasteiger partial charge < -0.3 is 0 Å². The van der Waals surface area contributed by atoms with Crippen LogP contribution in [0.3, 0.4) is 0 Å². The molecule has 1 aromatic heterocycles. The number of nitrogens with zero attached hydrogens (tertiary/aromatic N) is 1. The van der Waals surface area contributed by atoms with Crippen molar-refractivity contribution >= 4 is 23.0 Å². The van der Waals surface area contributed by atoms with Crippen molar-refractivity contribution < 1.29 is 4.79 Å². The molecule has 0 unspecified atom stereocenters. The summed E-state index contributed by atoms with van der Waals surface area (Å²) in [5, 5.41) is 0.277. The zero-order valence-corrected chi connectivity index (χ0v) is 12.0. The van der Waals surface area contributed by atoms with Gasteiger partial charge >= 0.3 is 0 Å². The molecule has 2 nitrogen and oxygen atoms in total. The second-order valence-corrected chi connectivity index (χ2v) is 4.46. The minimum Gasteiger partial charge on any atom is -0.294 e. The van der Waals surface area contributed by atoms with Crippen LogP contribution in [0, 0.1) is 0 Å². The van der Waals surface area contributed by atoms with Gasteiger partial charge in [-0.05, 0) is 50.5 Å². The van der Waals surface area contributed by atoms with Crippen LogP contribution < -0.4 is 0 Å². The Kier molecular flexibility index (Phi) is 5.29. The van der Waals surface area contributed by atoms with Crippen LogP contribution in [0.15, 0.2) is 29.9 Å². The van der Waals surface area contributed by atoms with E-state index in [1.165, 1.54) is 12.5 Å². The van der Waals surface area contributed by atoms with Gasteiger partial charge in [0, 0.05) is 0 Å². The number of rotatable bonds is 4. The molecule has 0 spiro atoms. The lowest BCUT2D eigenvalue weighted by Gasteiger charge is -2.09. The average Bonchev–Trinajstić information content (AvgIpc) is 2.29. The zero-order valence-electron chi connectivity index (χ0n) is 11.2. The number of hydrogen-bond donors (Lipinski definition) is 0. The van der Waals surface area contributed by atoms with Gasteiger partial charge in [0.2, 0.25) is 0 Å². The van der Waals surface area contributed by atoms with Gasteiger partial charge in [-0.2, -0.15) is 0 Å². The van der Waals surface area contributed by atoms with Crippen molar-refractivity contribution in [3.63, 3.8) is 0 Å². The highest BCUT2D eigenvalue weighted by molar-refractivity contribution is 6.32. The molecular formula is C15H18ClNO. The van der Waals surface area contributed by atoms with Gasteiger partial charge in [-0.25, -0.2) is 4.98 Å².